The molecule has 0 atom stereocenters. The second-order valence-corrected chi connectivity index (χ2v) is 30.9. The van der Waals surface area contributed by atoms with Crippen molar-refractivity contribution in [1.82, 2.24) is 0 Å². The Morgan fingerprint density at radius 2 is 0.648 bits per heavy atom. The van der Waals surface area contributed by atoms with Crippen molar-refractivity contribution in [1.29, 1.82) is 0 Å². The standard InChI is InChI=1S/C51H78P2.Ru/c1-8-24-41(25-9-1)49-40-51(50-39-23-22-38-48(49)50,52(42-26-10-2-11-27-42,43-28-12-3-13-29-43)44-30-14-4-15-31-44)53(45-32-16-5-17-33-45,46-34-18-6-19-35-46)47-36-20-7-21-37-47;/h1,8-9,22-25,38-40,42-47,52-53H,2-7,10-21,26-37H2;. The molecule has 300 valence electrons. The maximum absolute atomic E-state index is 3.39. The van der Waals surface area contributed by atoms with Gasteiger partial charge >= 0.3 is 329 Å². The van der Waals surface area contributed by atoms with Crippen LogP contribution in [0.2, 0.25) is 0 Å². The van der Waals surface area contributed by atoms with Gasteiger partial charge in [0.2, 0.25) is 0 Å². The van der Waals surface area contributed by atoms with Crippen molar-refractivity contribution in [3.8, 4) is 0 Å². The summed E-state index contributed by atoms with van der Waals surface area (Å²) in [6.07, 6.45) is 50.1. The van der Waals surface area contributed by atoms with Crippen LogP contribution in [0.25, 0.3) is 5.57 Å². The minimum atomic E-state index is -2.14. The van der Waals surface area contributed by atoms with Gasteiger partial charge in [0.05, 0.1) is 0 Å². The topological polar surface area (TPSA) is 0 Å². The Kier molecular flexibility index (Phi) is 13.7. The van der Waals surface area contributed by atoms with E-state index >= 15 is 0 Å². The van der Waals surface area contributed by atoms with E-state index in [2.05, 4.69) is 60.7 Å². The molecule has 0 aliphatic heterocycles. The third-order valence-electron chi connectivity index (χ3n) is 18.1. The van der Waals surface area contributed by atoms with Crippen LogP contribution in [0.4, 0.5) is 0 Å². The van der Waals surface area contributed by atoms with Crippen LogP contribution in [-0.2, 0) is 24.4 Å². The first kappa shape index (κ1) is 40.4. The average Bonchev–Trinajstić information content (AvgIpc) is 3.60. The first-order valence-electron chi connectivity index (χ1n) is 24.2. The van der Waals surface area contributed by atoms with Crippen molar-refractivity contribution in [2.24, 2.45) is 0 Å². The van der Waals surface area contributed by atoms with E-state index in [-0.39, 0.29) is 19.5 Å². The summed E-state index contributed by atoms with van der Waals surface area (Å²) in [5.41, 5.74) is 13.3. The molecule has 6 fully saturated rings. The normalized spacial score (nSPS) is 28.6. The fourth-order valence-electron chi connectivity index (χ4n) is 16.8. The second kappa shape index (κ2) is 18.3. The third kappa shape index (κ3) is 6.80. The summed E-state index contributed by atoms with van der Waals surface area (Å²) in [5.74, 6) is 0. The Hall–Kier alpha value is -0.337. The Morgan fingerprint density at radius 3 is 0.981 bits per heavy atom. The van der Waals surface area contributed by atoms with Crippen molar-refractivity contribution in [3.05, 3.63) is 77.4 Å². The molecule has 2 aromatic rings. The summed E-state index contributed by atoms with van der Waals surface area (Å²) < 4.78 is 0. The molecule has 0 saturated heterocycles. The molecule has 0 N–H and O–H groups in total. The van der Waals surface area contributed by atoms with Gasteiger partial charge in [-0.15, -0.1) is 0 Å². The summed E-state index contributed by atoms with van der Waals surface area (Å²) in [4.78, 5) is 0.389. The quantitative estimate of drug-likeness (QED) is 0.174. The molecule has 0 bridgehead atoms. The van der Waals surface area contributed by atoms with E-state index < -0.39 is 14.5 Å². The molecule has 0 nitrogen and oxygen atoms in total. The molecule has 54 heavy (non-hydrogen) atoms. The molecule has 0 amide bonds. The molecule has 9 rings (SSSR count). The molecule has 6 saturated carbocycles. The van der Waals surface area contributed by atoms with Gasteiger partial charge in [0, 0.05) is 19.5 Å². The average molecular weight is 854 g/mol. The molecule has 3 heteroatoms. The van der Waals surface area contributed by atoms with E-state index in [9.17, 15) is 0 Å². The Morgan fingerprint density at radius 1 is 0.352 bits per heavy atom. The van der Waals surface area contributed by atoms with E-state index in [1.165, 1.54) is 116 Å². The molecule has 7 aliphatic rings. The molecule has 0 unspecified atom stereocenters. The van der Waals surface area contributed by atoms with Gasteiger partial charge in [0.25, 0.3) is 0 Å². The number of fused-ring (bicyclic) bond motifs is 1. The Bertz CT molecular complexity index is 1340. The summed E-state index contributed by atoms with van der Waals surface area (Å²) in [6, 6.07) is 22.8. The fraction of sp³-hybridized carbons (Fsp3) is 0.725. The Labute approximate surface area is 346 Å². The van der Waals surface area contributed by atoms with Gasteiger partial charge < -0.3 is 0 Å². The van der Waals surface area contributed by atoms with Gasteiger partial charge in [-0.3, -0.25) is 0 Å². The van der Waals surface area contributed by atoms with Crippen LogP contribution in [0, 0.1) is 0 Å². The maximum Gasteiger partial charge on any atom is 0 e. The van der Waals surface area contributed by atoms with Crippen LogP contribution in [0.5, 0.6) is 0 Å². The second-order valence-electron chi connectivity index (χ2n) is 20.2. The Balaban J connectivity index is 0.00000413. The van der Waals surface area contributed by atoms with Crippen molar-refractivity contribution in [3.63, 3.8) is 0 Å². The van der Waals surface area contributed by atoms with Crippen LogP contribution < -0.4 is 0 Å². The zero-order chi connectivity index (χ0) is 35.6. The van der Waals surface area contributed by atoms with E-state index in [4.69, 9.17) is 0 Å². The van der Waals surface area contributed by atoms with Crippen LogP contribution in [0.1, 0.15) is 209 Å². The number of hydrogen-bond acceptors (Lipinski definition) is 0. The smallest absolute Gasteiger partial charge is 0 e. The first-order chi connectivity index (χ1) is 26.3. The summed E-state index contributed by atoms with van der Waals surface area (Å²) in [5, 5.41) is 0. The number of hydrogen-bond donors (Lipinski definition) is 0. The first-order valence-corrected chi connectivity index (χ1v) is 28.7. The van der Waals surface area contributed by atoms with Gasteiger partial charge in [0.15, 0.2) is 0 Å². The van der Waals surface area contributed by atoms with Crippen LogP contribution >= 0.6 is 14.5 Å². The largest absolute Gasteiger partial charge is 0 e. The number of allylic oxidation sites excluding steroid dienone is 1. The fourth-order valence-corrected chi connectivity index (χ4v) is 41.7. The molecule has 0 aromatic heterocycles. The predicted molar refractivity (Wildman–Crippen MR) is 240 cm³/mol. The molecule has 0 spiro atoms. The van der Waals surface area contributed by atoms with Crippen molar-refractivity contribution >= 4 is 20.1 Å². The monoisotopic (exact) mass is 854 g/mol. The van der Waals surface area contributed by atoms with Crippen molar-refractivity contribution in [2.75, 3.05) is 0 Å². The maximum atomic E-state index is 3.39. The number of benzene rings is 2. The van der Waals surface area contributed by atoms with Crippen molar-refractivity contribution < 1.29 is 19.5 Å². The molecule has 0 radical (unpaired) electrons. The summed E-state index contributed by atoms with van der Waals surface area (Å²) >= 11 is 0. The zero-order valence-electron chi connectivity index (χ0n) is 34.3. The minimum absolute atomic E-state index is 0. The molecular formula is C51H78P2Ru. The zero-order valence-corrected chi connectivity index (χ0v) is 38.0. The van der Waals surface area contributed by atoms with Crippen LogP contribution in [-0.4, -0.2) is 34.0 Å². The third-order valence-corrected chi connectivity index (χ3v) is 35.9. The van der Waals surface area contributed by atoms with E-state index in [1.54, 1.807) is 93.7 Å². The SMILES string of the molecule is C1=C(c2ccccc2)c2ccccc2C1([PH](C1CCCCC1)(C1CCCCC1)C1CCCCC1)[PH](C1CCCCC1)(C1CCCCC1)C1CCCCC1.[Ru]. The van der Waals surface area contributed by atoms with Gasteiger partial charge in [-0.05, 0) is 0 Å². The van der Waals surface area contributed by atoms with Gasteiger partial charge in [-0.2, -0.15) is 0 Å². The summed E-state index contributed by atoms with van der Waals surface area (Å²) in [7, 11) is -4.28. The van der Waals surface area contributed by atoms with Crippen molar-refractivity contribution in [2.45, 2.75) is 231 Å². The van der Waals surface area contributed by atoms with Crippen LogP contribution in [0.15, 0.2) is 60.7 Å². The molecule has 2 aromatic carbocycles. The van der Waals surface area contributed by atoms with E-state index in [1.807, 2.05) is 5.56 Å². The van der Waals surface area contributed by atoms with Gasteiger partial charge in [-0.25, -0.2) is 0 Å². The number of rotatable bonds is 9. The van der Waals surface area contributed by atoms with Gasteiger partial charge in [0.1, 0.15) is 0 Å². The van der Waals surface area contributed by atoms with Crippen LogP contribution in [0.3, 0.4) is 0 Å². The van der Waals surface area contributed by atoms with E-state index in [0.29, 0.717) is 4.90 Å². The predicted octanol–water partition coefficient (Wildman–Crippen LogP) is 15.8. The van der Waals surface area contributed by atoms with E-state index in [0.717, 1.165) is 34.0 Å². The molecular weight excluding hydrogens is 776 g/mol. The molecule has 0 heterocycles. The summed E-state index contributed by atoms with van der Waals surface area (Å²) in [6.45, 7) is 0. The minimum Gasteiger partial charge on any atom is 0 e. The molecule has 7 aliphatic carbocycles. The van der Waals surface area contributed by atoms with Gasteiger partial charge in [-0.1, -0.05) is 0 Å².